The van der Waals surface area contributed by atoms with Crippen LogP contribution in [0.25, 0.3) is 0 Å². The number of carbonyl (C=O) groups excluding carboxylic acids is 2. The molecule has 0 aliphatic heterocycles. The normalized spacial score (nSPS) is 12.4. The molecule has 0 spiro atoms. The maximum absolute atomic E-state index is 12.1. The Bertz CT molecular complexity index is 369. The van der Waals surface area contributed by atoms with E-state index < -0.39 is 17.4 Å². The zero-order valence-electron chi connectivity index (χ0n) is 12.8. The van der Waals surface area contributed by atoms with Gasteiger partial charge in [0.15, 0.2) is 0 Å². The molecule has 0 aromatic rings. The van der Waals surface area contributed by atoms with Gasteiger partial charge in [-0.3, -0.25) is 9.59 Å². The quantitative estimate of drug-likeness (QED) is 0.640. The van der Waals surface area contributed by atoms with Crippen LogP contribution in [0.4, 0.5) is 4.79 Å². The van der Waals surface area contributed by atoms with Gasteiger partial charge >= 0.3 is 12.0 Å². The lowest BCUT2D eigenvalue weighted by molar-refractivity contribution is -0.138. The molecule has 0 radical (unpaired) electrons. The van der Waals surface area contributed by atoms with Crippen LogP contribution in [0.2, 0.25) is 0 Å². The van der Waals surface area contributed by atoms with Gasteiger partial charge in [0, 0.05) is 19.6 Å². The van der Waals surface area contributed by atoms with Crippen molar-refractivity contribution in [2.75, 3.05) is 20.1 Å². The first-order valence-electron chi connectivity index (χ1n) is 6.64. The Hall–Kier alpha value is -1.79. The van der Waals surface area contributed by atoms with Crippen molar-refractivity contribution in [2.24, 2.45) is 5.41 Å². The highest BCUT2D eigenvalue weighted by Crippen LogP contribution is 2.13. The van der Waals surface area contributed by atoms with Crippen molar-refractivity contribution in [3.05, 3.63) is 0 Å². The Morgan fingerprint density at radius 1 is 1.30 bits per heavy atom. The summed E-state index contributed by atoms with van der Waals surface area (Å²) in [5.74, 6) is -1.25. The van der Waals surface area contributed by atoms with Crippen molar-refractivity contribution < 1.29 is 19.5 Å². The molecular formula is C13H25N3O4. The number of hydrogen-bond donors (Lipinski definition) is 3. The minimum atomic E-state index is -1.06. The topological polar surface area (TPSA) is 98.7 Å². The largest absolute Gasteiger partial charge is 0.480 e. The summed E-state index contributed by atoms with van der Waals surface area (Å²) in [5.41, 5.74) is -0.755. The number of carboxylic acids is 1. The van der Waals surface area contributed by atoms with Crippen molar-refractivity contribution in [1.29, 1.82) is 0 Å². The summed E-state index contributed by atoms with van der Waals surface area (Å²) in [6.07, 6.45) is 0.652. The molecule has 116 valence electrons. The van der Waals surface area contributed by atoms with Crippen LogP contribution in [0.3, 0.4) is 0 Å². The average Bonchev–Trinajstić information content (AvgIpc) is 2.40. The van der Waals surface area contributed by atoms with Gasteiger partial charge in [-0.2, -0.15) is 0 Å². The van der Waals surface area contributed by atoms with Gasteiger partial charge in [-0.05, 0) is 27.2 Å². The zero-order valence-corrected chi connectivity index (χ0v) is 12.8. The van der Waals surface area contributed by atoms with Gasteiger partial charge in [-0.1, -0.05) is 6.92 Å². The van der Waals surface area contributed by atoms with E-state index in [2.05, 4.69) is 10.6 Å². The Labute approximate surface area is 119 Å². The predicted molar refractivity (Wildman–Crippen MR) is 75.3 cm³/mol. The number of hydrogen-bond acceptors (Lipinski definition) is 3. The molecule has 0 aromatic carbocycles. The Morgan fingerprint density at radius 3 is 2.25 bits per heavy atom. The van der Waals surface area contributed by atoms with Crippen LogP contribution in [-0.4, -0.2) is 54.1 Å². The summed E-state index contributed by atoms with van der Waals surface area (Å²) in [6.45, 7) is 6.85. The SMILES string of the molecule is CCC(C)N(CC(=O)O)C(=O)NCC(C)(C)C(=O)NC. The fourth-order valence-electron chi connectivity index (χ4n) is 1.61. The van der Waals surface area contributed by atoms with E-state index in [1.807, 2.05) is 6.92 Å². The van der Waals surface area contributed by atoms with Gasteiger partial charge in [0.1, 0.15) is 6.54 Å². The minimum Gasteiger partial charge on any atom is -0.480 e. The van der Waals surface area contributed by atoms with E-state index in [-0.39, 0.29) is 25.0 Å². The van der Waals surface area contributed by atoms with Gasteiger partial charge in [-0.25, -0.2) is 4.79 Å². The highest BCUT2D eigenvalue weighted by atomic mass is 16.4. The van der Waals surface area contributed by atoms with Gasteiger partial charge < -0.3 is 20.6 Å². The molecule has 3 amide bonds. The number of carbonyl (C=O) groups is 3. The summed E-state index contributed by atoms with van der Waals surface area (Å²) >= 11 is 0. The van der Waals surface area contributed by atoms with E-state index in [4.69, 9.17) is 5.11 Å². The molecule has 1 atom stereocenters. The van der Waals surface area contributed by atoms with Crippen LogP contribution >= 0.6 is 0 Å². The Kier molecular flexibility index (Phi) is 7.02. The van der Waals surface area contributed by atoms with Crippen molar-refractivity contribution in [1.82, 2.24) is 15.5 Å². The van der Waals surface area contributed by atoms with Crippen molar-refractivity contribution >= 4 is 17.9 Å². The molecule has 0 saturated heterocycles. The number of nitrogens with zero attached hydrogens (tertiary/aromatic N) is 1. The van der Waals surface area contributed by atoms with E-state index in [1.54, 1.807) is 20.8 Å². The smallest absolute Gasteiger partial charge is 0.323 e. The summed E-state index contributed by atoms with van der Waals surface area (Å²) in [6, 6.07) is -0.659. The van der Waals surface area contributed by atoms with Crippen molar-refractivity contribution in [3.63, 3.8) is 0 Å². The number of rotatable bonds is 7. The second kappa shape index (κ2) is 7.72. The van der Waals surface area contributed by atoms with E-state index in [0.717, 1.165) is 0 Å². The average molecular weight is 287 g/mol. The lowest BCUT2D eigenvalue weighted by Crippen LogP contribution is -2.51. The summed E-state index contributed by atoms with van der Waals surface area (Å²) in [4.78, 5) is 35.7. The third-order valence-corrected chi connectivity index (χ3v) is 3.21. The monoisotopic (exact) mass is 287 g/mol. The number of aliphatic carboxylic acids is 1. The van der Waals surface area contributed by atoms with Crippen LogP contribution in [0, 0.1) is 5.41 Å². The molecule has 1 unspecified atom stereocenters. The summed E-state index contributed by atoms with van der Waals surface area (Å²) < 4.78 is 0. The molecule has 0 heterocycles. The molecule has 0 fully saturated rings. The fraction of sp³-hybridized carbons (Fsp3) is 0.769. The molecule has 7 nitrogen and oxygen atoms in total. The molecule has 0 saturated carbocycles. The highest BCUT2D eigenvalue weighted by Gasteiger charge is 2.29. The van der Waals surface area contributed by atoms with E-state index >= 15 is 0 Å². The van der Waals surface area contributed by atoms with Crippen molar-refractivity contribution in [2.45, 2.75) is 40.2 Å². The number of carboxylic acid groups (broad SMARTS) is 1. The van der Waals surface area contributed by atoms with Gasteiger partial charge in [-0.15, -0.1) is 0 Å². The zero-order chi connectivity index (χ0) is 15.9. The Morgan fingerprint density at radius 2 is 1.85 bits per heavy atom. The molecule has 0 aliphatic rings. The Balaban J connectivity index is 4.69. The number of urea groups is 1. The molecule has 3 N–H and O–H groups in total. The predicted octanol–water partition coefficient (Wildman–Crippen LogP) is 0.653. The maximum Gasteiger partial charge on any atom is 0.323 e. The lowest BCUT2D eigenvalue weighted by atomic mass is 9.92. The van der Waals surface area contributed by atoms with E-state index in [0.29, 0.717) is 6.42 Å². The fourth-order valence-corrected chi connectivity index (χ4v) is 1.61. The lowest BCUT2D eigenvalue weighted by Gasteiger charge is -2.29. The molecule has 0 aliphatic carbocycles. The molecule has 20 heavy (non-hydrogen) atoms. The minimum absolute atomic E-state index is 0.137. The van der Waals surface area contributed by atoms with Crippen LogP contribution < -0.4 is 10.6 Å². The van der Waals surface area contributed by atoms with Crippen molar-refractivity contribution in [3.8, 4) is 0 Å². The molecule has 0 bridgehead atoms. The summed E-state index contributed by atoms with van der Waals surface area (Å²) in [7, 11) is 1.53. The molecule has 0 aromatic heterocycles. The van der Waals surface area contributed by atoms with Gasteiger partial charge in [0.25, 0.3) is 0 Å². The first-order chi connectivity index (χ1) is 9.15. The van der Waals surface area contributed by atoms with Gasteiger partial charge in [0.05, 0.1) is 5.41 Å². The molecule has 0 rings (SSSR count). The van der Waals surface area contributed by atoms with E-state index in [1.165, 1.54) is 11.9 Å². The van der Waals surface area contributed by atoms with Crippen LogP contribution in [0.5, 0.6) is 0 Å². The first kappa shape index (κ1) is 18.2. The molecule has 7 heteroatoms. The van der Waals surface area contributed by atoms with Crippen LogP contribution in [-0.2, 0) is 9.59 Å². The van der Waals surface area contributed by atoms with E-state index in [9.17, 15) is 14.4 Å². The third-order valence-electron chi connectivity index (χ3n) is 3.21. The molecular weight excluding hydrogens is 262 g/mol. The second-order valence-electron chi connectivity index (χ2n) is 5.40. The number of nitrogens with one attached hydrogen (secondary N) is 2. The van der Waals surface area contributed by atoms with Gasteiger partial charge in [0.2, 0.25) is 5.91 Å². The van der Waals surface area contributed by atoms with Crippen LogP contribution in [0.1, 0.15) is 34.1 Å². The maximum atomic E-state index is 12.1. The third kappa shape index (κ3) is 5.46. The first-order valence-corrected chi connectivity index (χ1v) is 6.64. The second-order valence-corrected chi connectivity index (χ2v) is 5.40. The standard InChI is InChI=1S/C13H25N3O4/c1-6-9(2)16(7-10(17)18)12(20)15-8-13(3,4)11(19)14-5/h9H,6-8H2,1-5H3,(H,14,19)(H,15,20)(H,17,18). The summed E-state index contributed by atoms with van der Waals surface area (Å²) in [5, 5.41) is 14.0. The highest BCUT2D eigenvalue weighted by molar-refractivity contribution is 5.84. The van der Waals surface area contributed by atoms with Crippen LogP contribution in [0.15, 0.2) is 0 Å². The number of amides is 3.